The predicted octanol–water partition coefficient (Wildman–Crippen LogP) is 3.56. The first kappa shape index (κ1) is 13.0. The number of alkyl halides is 1. The van der Waals surface area contributed by atoms with Crippen LogP contribution in [0.3, 0.4) is 0 Å². The summed E-state index contributed by atoms with van der Waals surface area (Å²) in [6.45, 7) is 0. The van der Waals surface area contributed by atoms with Crippen molar-refractivity contribution in [3.63, 3.8) is 0 Å². The first-order valence-electron chi connectivity index (χ1n) is 5.96. The number of anilines is 1. The summed E-state index contributed by atoms with van der Waals surface area (Å²) in [4.78, 5) is 16.5. The third-order valence-corrected chi connectivity index (χ3v) is 3.44. The van der Waals surface area contributed by atoms with Gasteiger partial charge in [0.15, 0.2) is 5.78 Å². The number of pyridine rings is 1. The number of carbonyl (C=O) groups is 1. The van der Waals surface area contributed by atoms with Gasteiger partial charge in [-0.25, -0.2) is 0 Å². The lowest BCUT2D eigenvalue weighted by Gasteiger charge is -2.08. The number of unbranched alkanes of at least 4 members (excludes halogenated alkanes) is 1. The molecule has 0 saturated carbocycles. The number of Topliss-reactive ketones (excluding diaryl/α,β-unsaturated/α-hetero) is 1. The van der Waals surface area contributed by atoms with Crippen molar-refractivity contribution in [3.05, 3.63) is 36.0 Å². The van der Waals surface area contributed by atoms with Crippen LogP contribution >= 0.6 is 15.9 Å². The summed E-state index contributed by atoms with van der Waals surface area (Å²) in [6, 6.07) is 7.33. The zero-order valence-corrected chi connectivity index (χ0v) is 11.6. The van der Waals surface area contributed by atoms with E-state index in [1.807, 2.05) is 18.2 Å². The molecule has 0 bridgehead atoms. The van der Waals surface area contributed by atoms with Crippen molar-refractivity contribution in [3.8, 4) is 0 Å². The summed E-state index contributed by atoms with van der Waals surface area (Å²) in [5.41, 5.74) is 7.91. The minimum Gasteiger partial charge on any atom is -0.398 e. The molecule has 1 aromatic carbocycles. The van der Waals surface area contributed by atoms with Crippen molar-refractivity contribution in [2.45, 2.75) is 19.3 Å². The van der Waals surface area contributed by atoms with Gasteiger partial charge in [-0.3, -0.25) is 9.78 Å². The highest BCUT2D eigenvalue weighted by molar-refractivity contribution is 9.09. The Balaban J connectivity index is 2.36. The molecule has 0 aliphatic carbocycles. The lowest BCUT2D eigenvalue weighted by molar-refractivity contribution is 0.0982. The summed E-state index contributed by atoms with van der Waals surface area (Å²) in [7, 11) is 0. The molecule has 1 aromatic heterocycles. The second kappa shape index (κ2) is 5.96. The SMILES string of the molecule is Nc1ccc2ncccc2c1C(=O)CCCCBr. The van der Waals surface area contributed by atoms with Crippen LogP contribution in [0, 0.1) is 0 Å². The summed E-state index contributed by atoms with van der Waals surface area (Å²) in [6.07, 6.45) is 4.12. The molecule has 2 N–H and O–H groups in total. The molecule has 0 spiro atoms. The van der Waals surface area contributed by atoms with Crippen LogP contribution in [0.5, 0.6) is 0 Å². The van der Waals surface area contributed by atoms with E-state index < -0.39 is 0 Å². The number of benzene rings is 1. The Morgan fingerprint density at radius 1 is 1.28 bits per heavy atom. The van der Waals surface area contributed by atoms with E-state index in [2.05, 4.69) is 20.9 Å². The van der Waals surface area contributed by atoms with Crippen molar-refractivity contribution in [1.29, 1.82) is 0 Å². The topological polar surface area (TPSA) is 56.0 Å². The fourth-order valence-corrected chi connectivity index (χ4v) is 2.38. The molecule has 2 rings (SSSR count). The van der Waals surface area contributed by atoms with Crippen LogP contribution in [0.4, 0.5) is 5.69 Å². The van der Waals surface area contributed by atoms with Crippen LogP contribution in [0.1, 0.15) is 29.6 Å². The predicted molar refractivity (Wildman–Crippen MR) is 78.1 cm³/mol. The monoisotopic (exact) mass is 306 g/mol. The van der Waals surface area contributed by atoms with E-state index in [9.17, 15) is 4.79 Å². The van der Waals surface area contributed by atoms with Crippen molar-refractivity contribution in [1.82, 2.24) is 4.98 Å². The number of aromatic nitrogens is 1. The van der Waals surface area contributed by atoms with Gasteiger partial charge in [0.05, 0.1) is 5.52 Å². The van der Waals surface area contributed by atoms with Gasteiger partial charge in [-0.2, -0.15) is 0 Å². The van der Waals surface area contributed by atoms with Crippen molar-refractivity contribution >= 4 is 38.3 Å². The summed E-state index contributed by atoms with van der Waals surface area (Å²) < 4.78 is 0. The van der Waals surface area contributed by atoms with Gasteiger partial charge in [0.1, 0.15) is 0 Å². The minimum absolute atomic E-state index is 0.104. The maximum atomic E-state index is 12.2. The number of nitrogens with zero attached hydrogens (tertiary/aromatic N) is 1. The van der Waals surface area contributed by atoms with Crippen molar-refractivity contribution in [2.75, 3.05) is 11.1 Å². The minimum atomic E-state index is 0.104. The van der Waals surface area contributed by atoms with E-state index in [0.29, 0.717) is 17.7 Å². The smallest absolute Gasteiger partial charge is 0.165 e. The number of nitrogen functional groups attached to an aromatic ring is 1. The second-order valence-electron chi connectivity index (χ2n) is 4.17. The van der Waals surface area contributed by atoms with Gasteiger partial charge in [0.2, 0.25) is 0 Å². The molecular formula is C14H15BrN2O. The van der Waals surface area contributed by atoms with Gasteiger partial charge in [0, 0.05) is 34.6 Å². The Bertz CT molecular complexity index is 569. The lowest BCUT2D eigenvalue weighted by atomic mass is 9.99. The fourth-order valence-electron chi connectivity index (χ4n) is 1.99. The molecule has 0 aliphatic heterocycles. The molecule has 4 heteroatoms. The Hall–Kier alpha value is -1.42. The van der Waals surface area contributed by atoms with Gasteiger partial charge in [-0.15, -0.1) is 0 Å². The number of halogens is 1. The average molecular weight is 307 g/mol. The third kappa shape index (κ3) is 2.70. The maximum absolute atomic E-state index is 12.2. The van der Waals surface area contributed by atoms with Gasteiger partial charge < -0.3 is 5.73 Å². The lowest BCUT2D eigenvalue weighted by Crippen LogP contribution is -2.05. The van der Waals surface area contributed by atoms with E-state index in [-0.39, 0.29) is 5.78 Å². The van der Waals surface area contributed by atoms with Gasteiger partial charge >= 0.3 is 0 Å². The summed E-state index contributed by atoms with van der Waals surface area (Å²) in [5.74, 6) is 0.104. The normalized spacial score (nSPS) is 10.7. The van der Waals surface area contributed by atoms with Crippen LogP contribution in [0.25, 0.3) is 10.9 Å². The largest absolute Gasteiger partial charge is 0.398 e. The summed E-state index contributed by atoms with van der Waals surface area (Å²) >= 11 is 3.36. The molecule has 0 saturated heterocycles. The quantitative estimate of drug-likeness (QED) is 0.398. The first-order valence-corrected chi connectivity index (χ1v) is 7.08. The van der Waals surface area contributed by atoms with E-state index >= 15 is 0 Å². The molecule has 3 nitrogen and oxygen atoms in total. The van der Waals surface area contributed by atoms with E-state index in [1.165, 1.54) is 0 Å². The number of hydrogen-bond donors (Lipinski definition) is 1. The number of fused-ring (bicyclic) bond motifs is 1. The molecule has 0 aliphatic rings. The standard InChI is InChI=1S/C14H15BrN2O/c15-8-2-1-5-13(18)14-10-4-3-9-17-12(10)7-6-11(14)16/h3-4,6-7,9H,1-2,5,8,16H2. The summed E-state index contributed by atoms with van der Waals surface area (Å²) in [5, 5.41) is 1.77. The molecule has 0 atom stereocenters. The average Bonchev–Trinajstić information content (AvgIpc) is 2.38. The zero-order chi connectivity index (χ0) is 13.0. The maximum Gasteiger partial charge on any atom is 0.165 e. The van der Waals surface area contributed by atoms with Gasteiger partial charge in [-0.1, -0.05) is 22.0 Å². The van der Waals surface area contributed by atoms with Crippen molar-refractivity contribution < 1.29 is 4.79 Å². The highest BCUT2D eigenvalue weighted by Crippen LogP contribution is 2.24. The Kier molecular flexibility index (Phi) is 4.31. The Morgan fingerprint density at radius 2 is 2.11 bits per heavy atom. The Labute approximate surface area is 115 Å². The number of ketones is 1. The molecule has 1 heterocycles. The van der Waals surface area contributed by atoms with Gasteiger partial charge in [0.25, 0.3) is 0 Å². The second-order valence-corrected chi connectivity index (χ2v) is 4.96. The number of hydrogen-bond acceptors (Lipinski definition) is 3. The van der Waals surface area contributed by atoms with E-state index in [1.54, 1.807) is 12.3 Å². The zero-order valence-electron chi connectivity index (χ0n) is 10.0. The molecule has 0 radical (unpaired) electrons. The molecule has 0 unspecified atom stereocenters. The number of rotatable bonds is 5. The van der Waals surface area contributed by atoms with Gasteiger partial charge in [-0.05, 0) is 31.0 Å². The molecule has 0 amide bonds. The number of carbonyl (C=O) groups excluding carboxylic acids is 1. The molecule has 94 valence electrons. The first-order chi connectivity index (χ1) is 8.74. The van der Waals surface area contributed by atoms with Crippen molar-refractivity contribution in [2.24, 2.45) is 0 Å². The molecule has 2 aromatic rings. The van der Waals surface area contributed by atoms with E-state index in [4.69, 9.17) is 5.73 Å². The third-order valence-electron chi connectivity index (χ3n) is 2.88. The highest BCUT2D eigenvalue weighted by Gasteiger charge is 2.13. The van der Waals surface area contributed by atoms with E-state index in [0.717, 1.165) is 29.1 Å². The highest BCUT2D eigenvalue weighted by atomic mass is 79.9. The van der Waals surface area contributed by atoms with Crippen LogP contribution in [-0.2, 0) is 0 Å². The van der Waals surface area contributed by atoms with Crippen LogP contribution in [0.2, 0.25) is 0 Å². The Morgan fingerprint density at radius 3 is 2.89 bits per heavy atom. The molecule has 18 heavy (non-hydrogen) atoms. The van der Waals surface area contributed by atoms with Crippen LogP contribution < -0.4 is 5.73 Å². The van der Waals surface area contributed by atoms with Crippen LogP contribution in [0.15, 0.2) is 30.5 Å². The van der Waals surface area contributed by atoms with Crippen LogP contribution in [-0.4, -0.2) is 16.1 Å². The molecule has 0 fully saturated rings. The number of nitrogens with two attached hydrogens (primary N) is 1. The molecular weight excluding hydrogens is 292 g/mol. The fraction of sp³-hybridized carbons (Fsp3) is 0.286.